The van der Waals surface area contributed by atoms with E-state index >= 15 is 0 Å². The average Bonchev–Trinajstić information content (AvgIpc) is 3.33. The zero-order chi connectivity index (χ0) is 17.5. The monoisotopic (exact) mass is 353 g/mol. The van der Waals surface area contributed by atoms with Crippen molar-refractivity contribution in [3.05, 3.63) is 76.7 Å². The van der Waals surface area contributed by atoms with E-state index in [1.807, 2.05) is 52.7 Å². The van der Waals surface area contributed by atoms with Crippen LogP contribution in [-0.2, 0) is 11.2 Å². The molecule has 0 aliphatic carbocycles. The molecule has 2 heterocycles. The molecular weight excluding hydrogens is 334 g/mol. The fraction of sp³-hybridized carbons (Fsp3) is 0.158. The first-order valence-corrected chi connectivity index (χ1v) is 8.96. The highest BCUT2D eigenvalue weighted by Crippen LogP contribution is 2.14. The summed E-state index contributed by atoms with van der Waals surface area (Å²) >= 11 is 1.69. The van der Waals surface area contributed by atoms with Gasteiger partial charge in [-0.2, -0.15) is 0 Å². The lowest BCUT2D eigenvalue weighted by Gasteiger charge is -2.11. The standard InChI is InChI=1S/C19H19N3O2S/c23-18(11-5-7-15-8-6-14-25-15)20-21-19(24)16-9-1-2-10-17(16)22-12-3-4-13-22/h1-4,6,8-10,12-14H,5,7,11H2,(H,20,23)(H,21,24). The number of aromatic nitrogens is 1. The van der Waals surface area contributed by atoms with Crippen molar-refractivity contribution in [1.29, 1.82) is 0 Å². The molecule has 0 aliphatic heterocycles. The van der Waals surface area contributed by atoms with Gasteiger partial charge in [-0.05, 0) is 48.6 Å². The number of para-hydroxylation sites is 1. The molecule has 0 atom stereocenters. The second-order valence-electron chi connectivity index (χ2n) is 5.54. The highest BCUT2D eigenvalue weighted by atomic mass is 32.1. The van der Waals surface area contributed by atoms with Crippen molar-refractivity contribution in [1.82, 2.24) is 15.4 Å². The number of hydrogen-bond donors (Lipinski definition) is 2. The first-order valence-electron chi connectivity index (χ1n) is 8.08. The smallest absolute Gasteiger partial charge is 0.271 e. The van der Waals surface area contributed by atoms with Gasteiger partial charge in [-0.25, -0.2) is 0 Å². The van der Waals surface area contributed by atoms with Crippen molar-refractivity contribution in [2.24, 2.45) is 0 Å². The van der Waals surface area contributed by atoms with Gasteiger partial charge in [0.05, 0.1) is 11.3 Å². The Morgan fingerprint density at radius 1 is 0.960 bits per heavy atom. The van der Waals surface area contributed by atoms with E-state index in [1.54, 1.807) is 23.5 Å². The lowest BCUT2D eigenvalue weighted by atomic mass is 10.1. The highest BCUT2D eigenvalue weighted by Gasteiger charge is 2.12. The third-order valence-electron chi connectivity index (χ3n) is 3.75. The summed E-state index contributed by atoms with van der Waals surface area (Å²) in [5, 5.41) is 2.03. The quantitative estimate of drug-likeness (QED) is 0.668. The van der Waals surface area contributed by atoms with Crippen LogP contribution in [-0.4, -0.2) is 16.4 Å². The van der Waals surface area contributed by atoms with Gasteiger partial charge >= 0.3 is 0 Å². The number of aryl methyl sites for hydroxylation is 1. The Kier molecular flexibility index (Phi) is 5.64. The van der Waals surface area contributed by atoms with Crippen molar-refractivity contribution >= 4 is 23.2 Å². The average molecular weight is 353 g/mol. The Hall–Kier alpha value is -2.86. The Labute approximate surface area is 150 Å². The molecule has 6 heteroatoms. The molecule has 0 saturated carbocycles. The van der Waals surface area contributed by atoms with Crippen LogP contribution < -0.4 is 10.9 Å². The van der Waals surface area contributed by atoms with E-state index < -0.39 is 0 Å². The van der Waals surface area contributed by atoms with Gasteiger partial charge in [0.1, 0.15) is 0 Å². The van der Waals surface area contributed by atoms with E-state index in [4.69, 9.17) is 0 Å². The molecular formula is C19H19N3O2S. The summed E-state index contributed by atoms with van der Waals surface area (Å²) in [5.74, 6) is -0.528. The lowest BCUT2D eigenvalue weighted by Crippen LogP contribution is -2.41. The summed E-state index contributed by atoms with van der Waals surface area (Å²) in [6, 6.07) is 15.1. The molecule has 1 aromatic carbocycles. The molecule has 25 heavy (non-hydrogen) atoms. The first kappa shape index (κ1) is 17.0. The predicted octanol–water partition coefficient (Wildman–Crippen LogP) is 3.32. The second-order valence-corrected chi connectivity index (χ2v) is 6.57. The Bertz CT molecular complexity index is 826. The van der Waals surface area contributed by atoms with Gasteiger partial charge in [-0.15, -0.1) is 11.3 Å². The summed E-state index contributed by atoms with van der Waals surface area (Å²) in [7, 11) is 0. The van der Waals surface area contributed by atoms with Gasteiger partial charge in [0.2, 0.25) is 5.91 Å². The van der Waals surface area contributed by atoms with Crippen LogP contribution in [0, 0.1) is 0 Å². The van der Waals surface area contributed by atoms with Crippen molar-refractivity contribution < 1.29 is 9.59 Å². The molecule has 0 aliphatic rings. The van der Waals surface area contributed by atoms with E-state index in [9.17, 15) is 9.59 Å². The summed E-state index contributed by atoms with van der Waals surface area (Å²) in [6.07, 6.45) is 5.74. The largest absolute Gasteiger partial charge is 0.323 e. The summed E-state index contributed by atoms with van der Waals surface area (Å²) < 4.78 is 1.86. The summed E-state index contributed by atoms with van der Waals surface area (Å²) in [4.78, 5) is 25.5. The van der Waals surface area contributed by atoms with Gasteiger partial charge < -0.3 is 4.57 Å². The van der Waals surface area contributed by atoms with E-state index in [-0.39, 0.29) is 11.8 Å². The summed E-state index contributed by atoms with van der Waals surface area (Å²) in [6.45, 7) is 0. The summed E-state index contributed by atoms with van der Waals surface area (Å²) in [5.41, 5.74) is 6.24. The molecule has 128 valence electrons. The minimum absolute atomic E-state index is 0.191. The maximum Gasteiger partial charge on any atom is 0.271 e. The number of thiophene rings is 1. The van der Waals surface area contributed by atoms with E-state index in [0.29, 0.717) is 12.0 Å². The molecule has 2 N–H and O–H groups in total. The molecule has 0 spiro atoms. The van der Waals surface area contributed by atoms with Crippen molar-refractivity contribution in [2.75, 3.05) is 0 Å². The van der Waals surface area contributed by atoms with Gasteiger partial charge in [0.25, 0.3) is 5.91 Å². The van der Waals surface area contributed by atoms with Gasteiger partial charge in [-0.3, -0.25) is 20.4 Å². The molecule has 0 bridgehead atoms. The molecule has 5 nitrogen and oxygen atoms in total. The maximum atomic E-state index is 12.4. The number of rotatable bonds is 6. The highest BCUT2D eigenvalue weighted by molar-refractivity contribution is 7.09. The van der Waals surface area contributed by atoms with Gasteiger partial charge in [0, 0.05) is 23.7 Å². The predicted molar refractivity (Wildman–Crippen MR) is 98.6 cm³/mol. The fourth-order valence-corrected chi connectivity index (χ4v) is 3.27. The zero-order valence-electron chi connectivity index (χ0n) is 13.6. The third kappa shape index (κ3) is 4.58. The van der Waals surface area contributed by atoms with Crippen molar-refractivity contribution in [3.8, 4) is 5.69 Å². The minimum Gasteiger partial charge on any atom is -0.323 e. The normalized spacial score (nSPS) is 10.4. The zero-order valence-corrected chi connectivity index (χ0v) is 14.5. The number of benzene rings is 1. The number of hydrazine groups is 1. The van der Waals surface area contributed by atoms with Crippen LogP contribution in [0.25, 0.3) is 5.69 Å². The number of amides is 2. The first-order chi connectivity index (χ1) is 12.2. The second kappa shape index (κ2) is 8.30. The van der Waals surface area contributed by atoms with Gasteiger partial charge in [0.15, 0.2) is 0 Å². The number of nitrogens with one attached hydrogen (secondary N) is 2. The van der Waals surface area contributed by atoms with Crippen LogP contribution >= 0.6 is 11.3 Å². The van der Waals surface area contributed by atoms with E-state index in [2.05, 4.69) is 16.9 Å². The number of carbonyl (C=O) groups excluding carboxylic acids is 2. The van der Waals surface area contributed by atoms with E-state index in [0.717, 1.165) is 18.5 Å². The van der Waals surface area contributed by atoms with Crippen molar-refractivity contribution in [3.63, 3.8) is 0 Å². The Morgan fingerprint density at radius 2 is 1.76 bits per heavy atom. The topological polar surface area (TPSA) is 63.1 Å². The molecule has 0 saturated heterocycles. The maximum absolute atomic E-state index is 12.4. The van der Waals surface area contributed by atoms with Crippen LogP contribution in [0.2, 0.25) is 0 Å². The lowest BCUT2D eigenvalue weighted by molar-refractivity contribution is -0.121. The number of nitrogens with zero attached hydrogens (tertiary/aromatic N) is 1. The fourth-order valence-electron chi connectivity index (χ4n) is 2.52. The number of hydrogen-bond acceptors (Lipinski definition) is 3. The van der Waals surface area contributed by atoms with Gasteiger partial charge in [-0.1, -0.05) is 18.2 Å². The molecule has 2 aromatic heterocycles. The van der Waals surface area contributed by atoms with E-state index in [1.165, 1.54) is 4.88 Å². The van der Waals surface area contributed by atoms with Crippen LogP contribution in [0.4, 0.5) is 0 Å². The molecule has 0 fully saturated rings. The SMILES string of the molecule is O=C(CCCc1cccs1)NNC(=O)c1ccccc1-n1cccc1. The van der Waals surface area contributed by atoms with Crippen LogP contribution in [0.5, 0.6) is 0 Å². The Morgan fingerprint density at radius 3 is 2.52 bits per heavy atom. The van der Waals surface area contributed by atoms with Crippen LogP contribution in [0.1, 0.15) is 28.1 Å². The molecule has 0 radical (unpaired) electrons. The number of carbonyl (C=O) groups is 2. The van der Waals surface area contributed by atoms with Crippen molar-refractivity contribution in [2.45, 2.75) is 19.3 Å². The minimum atomic E-state index is -0.337. The van der Waals surface area contributed by atoms with Crippen LogP contribution in [0.3, 0.4) is 0 Å². The molecule has 3 rings (SSSR count). The Balaban J connectivity index is 1.52. The molecule has 2 amide bonds. The van der Waals surface area contributed by atoms with Crippen LogP contribution in [0.15, 0.2) is 66.3 Å². The molecule has 0 unspecified atom stereocenters. The molecule has 3 aromatic rings. The third-order valence-corrected chi connectivity index (χ3v) is 4.69.